The molecule has 0 unspecified atom stereocenters. The molecule has 1 aliphatic rings. The number of nitrogens with one attached hydrogen (secondary N) is 1. The lowest BCUT2D eigenvalue weighted by molar-refractivity contribution is -0.0498. The van der Waals surface area contributed by atoms with Crippen molar-refractivity contribution in [2.75, 3.05) is 26.2 Å². The molecule has 1 fully saturated rings. The summed E-state index contributed by atoms with van der Waals surface area (Å²) in [6, 6.07) is 10.5. The van der Waals surface area contributed by atoms with Gasteiger partial charge in [-0.05, 0) is 29.8 Å². The van der Waals surface area contributed by atoms with E-state index in [0.29, 0.717) is 0 Å². The van der Waals surface area contributed by atoms with E-state index in [4.69, 9.17) is 4.42 Å². The van der Waals surface area contributed by atoms with Crippen molar-refractivity contribution in [2.24, 2.45) is 0 Å². The molecule has 0 spiro atoms. The largest absolute Gasteiger partial charge is 0.467 e. The molecule has 1 aliphatic heterocycles. The van der Waals surface area contributed by atoms with E-state index in [1.807, 2.05) is 24.3 Å². The van der Waals surface area contributed by atoms with Crippen LogP contribution in [0.4, 0.5) is 8.78 Å². The van der Waals surface area contributed by atoms with Crippen LogP contribution in [-0.2, 0) is 0 Å². The average molecular weight is 345 g/mol. The van der Waals surface area contributed by atoms with Crippen LogP contribution in [0.1, 0.15) is 17.4 Å². The molecule has 2 aromatic rings. The minimum Gasteiger partial charge on any atom is -0.467 e. The van der Waals surface area contributed by atoms with Crippen LogP contribution in [-0.4, -0.2) is 37.7 Å². The van der Waals surface area contributed by atoms with Crippen LogP contribution in [0.25, 0.3) is 0 Å². The van der Waals surface area contributed by atoms with E-state index in [-0.39, 0.29) is 24.2 Å². The molecule has 1 aromatic heterocycles. The molecular weight excluding hydrogens is 326 g/mol. The number of ether oxygens (including phenoxy) is 1. The monoisotopic (exact) mass is 344 g/mol. The van der Waals surface area contributed by atoms with Gasteiger partial charge in [0.1, 0.15) is 11.5 Å². The van der Waals surface area contributed by atoms with Crippen LogP contribution in [0.2, 0.25) is 0 Å². The Morgan fingerprint density at radius 3 is 2.35 bits per heavy atom. The maximum Gasteiger partial charge on any atom is 0.387 e. The van der Waals surface area contributed by atoms with E-state index in [0.717, 1.165) is 37.5 Å². The third-order valence-electron chi connectivity index (χ3n) is 3.75. The maximum atomic E-state index is 12.2. The number of nitrogens with zero attached hydrogens (tertiary/aromatic N) is 1. The van der Waals surface area contributed by atoms with Crippen molar-refractivity contribution < 1.29 is 17.9 Å². The number of piperazine rings is 1. The Kier molecular flexibility index (Phi) is 6.38. The molecule has 23 heavy (non-hydrogen) atoms. The van der Waals surface area contributed by atoms with Gasteiger partial charge < -0.3 is 14.5 Å². The van der Waals surface area contributed by atoms with Gasteiger partial charge in [0.15, 0.2) is 0 Å². The zero-order valence-electron chi connectivity index (χ0n) is 12.5. The van der Waals surface area contributed by atoms with Gasteiger partial charge in [-0.3, -0.25) is 4.90 Å². The lowest BCUT2D eigenvalue weighted by Crippen LogP contribution is -2.45. The summed E-state index contributed by atoms with van der Waals surface area (Å²) in [4.78, 5) is 2.32. The fourth-order valence-corrected chi connectivity index (χ4v) is 2.77. The second-order valence-electron chi connectivity index (χ2n) is 5.15. The highest BCUT2D eigenvalue weighted by molar-refractivity contribution is 5.85. The van der Waals surface area contributed by atoms with Crippen molar-refractivity contribution in [3.05, 3.63) is 54.0 Å². The highest BCUT2D eigenvalue weighted by Crippen LogP contribution is 2.30. The van der Waals surface area contributed by atoms with Crippen molar-refractivity contribution in [3.8, 4) is 5.75 Å². The fourth-order valence-electron chi connectivity index (χ4n) is 2.77. The van der Waals surface area contributed by atoms with Crippen molar-refractivity contribution in [3.63, 3.8) is 0 Å². The second-order valence-corrected chi connectivity index (χ2v) is 5.15. The Bertz CT molecular complexity index is 572. The molecule has 0 saturated carbocycles. The van der Waals surface area contributed by atoms with Gasteiger partial charge in [-0.25, -0.2) is 0 Å². The van der Waals surface area contributed by atoms with Crippen molar-refractivity contribution >= 4 is 12.4 Å². The topological polar surface area (TPSA) is 37.6 Å². The highest BCUT2D eigenvalue weighted by atomic mass is 35.5. The molecule has 0 aliphatic carbocycles. The van der Waals surface area contributed by atoms with Gasteiger partial charge in [0.25, 0.3) is 0 Å². The molecule has 1 atom stereocenters. The van der Waals surface area contributed by atoms with Gasteiger partial charge in [0.05, 0.1) is 12.3 Å². The third kappa shape index (κ3) is 4.43. The molecule has 3 rings (SSSR count). The first-order valence-corrected chi connectivity index (χ1v) is 7.27. The van der Waals surface area contributed by atoms with Crippen LogP contribution in [0.15, 0.2) is 47.1 Å². The molecule has 4 nitrogen and oxygen atoms in total. The molecular formula is C16H19ClF2N2O2. The van der Waals surface area contributed by atoms with Gasteiger partial charge in [0.2, 0.25) is 0 Å². The minimum atomic E-state index is -2.81. The molecule has 0 bridgehead atoms. The van der Waals surface area contributed by atoms with Crippen LogP contribution in [0.3, 0.4) is 0 Å². The highest BCUT2D eigenvalue weighted by Gasteiger charge is 2.26. The first-order chi connectivity index (χ1) is 10.7. The minimum absolute atomic E-state index is 0. The number of benzene rings is 1. The number of furan rings is 1. The second kappa shape index (κ2) is 8.29. The van der Waals surface area contributed by atoms with Crippen molar-refractivity contribution in [1.29, 1.82) is 0 Å². The van der Waals surface area contributed by atoms with Gasteiger partial charge >= 0.3 is 6.61 Å². The van der Waals surface area contributed by atoms with Gasteiger partial charge in [-0.2, -0.15) is 8.78 Å². The smallest absolute Gasteiger partial charge is 0.387 e. The Hall–Kier alpha value is -1.63. The molecule has 1 saturated heterocycles. The summed E-state index contributed by atoms with van der Waals surface area (Å²) in [5, 5.41) is 3.32. The van der Waals surface area contributed by atoms with E-state index in [1.54, 1.807) is 18.4 Å². The van der Waals surface area contributed by atoms with E-state index in [2.05, 4.69) is 15.0 Å². The summed E-state index contributed by atoms with van der Waals surface area (Å²) in [6.45, 7) is 0.842. The SMILES string of the molecule is Cl.FC(F)Oc1ccc([C@H](c2ccco2)N2CCNCC2)cc1. The molecule has 0 radical (unpaired) electrons. The number of rotatable bonds is 5. The quantitative estimate of drug-likeness (QED) is 0.903. The summed E-state index contributed by atoms with van der Waals surface area (Å²) < 4.78 is 34.5. The zero-order chi connectivity index (χ0) is 15.4. The fraction of sp³-hybridized carbons (Fsp3) is 0.375. The van der Waals surface area contributed by atoms with Crippen molar-refractivity contribution in [2.45, 2.75) is 12.7 Å². The summed E-state index contributed by atoms with van der Waals surface area (Å²) in [6.07, 6.45) is 1.65. The van der Waals surface area contributed by atoms with Crippen LogP contribution >= 0.6 is 12.4 Å². The van der Waals surface area contributed by atoms with Gasteiger partial charge in [0, 0.05) is 26.2 Å². The number of halogens is 3. The van der Waals surface area contributed by atoms with Crippen LogP contribution in [0, 0.1) is 0 Å². The molecule has 1 aromatic carbocycles. The first-order valence-electron chi connectivity index (χ1n) is 7.27. The molecule has 7 heteroatoms. The number of alkyl halides is 2. The first kappa shape index (κ1) is 17.7. The van der Waals surface area contributed by atoms with E-state index in [1.165, 1.54) is 0 Å². The van der Waals surface area contributed by atoms with Crippen LogP contribution < -0.4 is 10.1 Å². The Morgan fingerprint density at radius 1 is 1.09 bits per heavy atom. The van der Waals surface area contributed by atoms with Crippen molar-refractivity contribution in [1.82, 2.24) is 10.2 Å². The lowest BCUT2D eigenvalue weighted by Gasteiger charge is -2.34. The van der Waals surface area contributed by atoms with E-state index < -0.39 is 6.61 Å². The summed E-state index contributed by atoms with van der Waals surface area (Å²) in [5.74, 6) is 1.02. The predicted octanol–water partition coefficient (Wildman–Crippen LogP) is 3.30. The summed E-state index contributed by atoms with van der Waals surface area (Å²) in [5.41, 5.74) is 0.999. The molecule has 0 amide bonds. The Labute approximate surface area is 139 Å². The van der Waals surface area contributed by atoms with E-state index >= 15 is 0 Å². The standard InChI is InChI=1S/C16H18F2N2O2.ClH/c17-16(18)22-13-5-3-12(4-6-13)15(14-2-1-11-21-14)20-9-7-19-8-10-20;/h1-6,11,15-16,19H,7-10H2;1H/t15-;/m1./s1. The zero-order valence-corrected chi connectivity index (χ0v) is 13.3. The van der Waals surface area contributed by atoms with Gasteiger partial charge in [-0.1, -0.05) is 12.1 Å². The Balaban J connectivity index is 0.00000192. The average Bonchev–Trinajstić information content (AvgIpc) is 3.04. The normalized spacial score (nSPS) is 16.8. The number of hydrogen-bond acceptors (Lipinski definition) is 4. The van der Waals surface area contributed by atoms with E-state index in [9.17, 15) is 8.78 Å². The maximum absolute atomic E-state index is 12.2. The Morgan fingerprint density at radius 2 is 1.78 bits per heavy atom. The van der Waals surface area contributed by atoms with Crippen LogP contribution in [0.5, 0.6) is 5.75 Å². The van der Waals surface area contributed by atoms with Gasteiger partial charge in [-0.15, -0.1) is 12.4 Å². The molecule has 1 N–H and O–H groups in total. The summed E-state index contributed by atoms with van der Waals surface area (Å²) >= 11 is 0. The lowest BCUT2D eigenvalue weighted by atomic mass is 10.0. The molecule has 2 heterocycles. The molecule has 126 valence electrons. The number of hydrogen-bond donors (Lipinski definition) is 1. The summed E-state index contributed by atoms with van der Waals surface area (Å²) in [7, 11) is 0. The third-order valence-corrected chi connectivity index (χ3v) is 3.75. The predicted molar refractivity (Wildman–Crippen MR) is 85.3 cm³/mol.